The van der Waals surface area contributed by atoms with E-state index < -0.39 is 5.82 Å². The number of halogens is 1. The van der Waals surface area contributed by atoms with Gasteiger partial charge < -0.3 is 20.5 Å². The van der Waals surface area contributed by atoms with Gasteiger partial charge in [0.15, 0.2) is 0 Å². The lowest BCUT2D eigenvalue weighted by atomic mass is 9.97. The van der Waals surface area contributed by atoms with Crippen LogP contribution in [-0.4, -0.2) is 43.8 Å². The van der Waals surface area contributed by atoms with Crippen molar-refractivity contribution in [3.63, 3.8) is 0 Å². The first-order valence-electron chi connectivity index (χ1n) is 12.5. The van der Waals surface area contributed by atoms with Gasteiger partial charge in [-0.2, -0.15) is 0 Å². The van der Waals surface area contributed by atoms with E-state index in [1.54, 1.807) is 30.7 Å². The van der Waals surface area contributed by atoms with Gasteiger partial charge in [-0.25, -0.2) is 14.4 Å². The molecular formula is C29H27FN6O2. The smallest absolute Gasteiger partial charge is 0.254 e. The zero-order valence-corrected chi connectivity index (χ0v) is 21.2. The summed E-state index contributed by atoms with van der Waals surface area (Å²) in [5, 5.41) is 3.24. The predicted octanol–water partition coefficient (Wildman–Crippen LogP) is 4.77. The molecule has 2 aromatic carbocycles. The maximum absolute atomic E-state index is 15.6. The Morgan fingerprint density at radius 3 is 2.55 bits per heavy atom. The minimum Gasteiger partial charge on any atom is -0.383 e. The Balaban J connectivity index is 1.44. The highest BCUT2D eigenvalue weighted by Gasteiger charge is 2.48. The second-order valence-corrected chi connectivity index (χ2v) is 10.1. The average Bonchev–Trinajstić information content (AvgIpc) is 3.45. The highest BCUT2D eigenvalue weighted by atomic mass is 19.1. The first-order chi connectivity index (χ1) is 18.2. The number of nitrogens with zero attached hydrogens (tertiary/aromatic N) is 4. The molecule has 3 N–H and O–H groups in total. The Morgan fingerprint density at radius 1 is 1.16 bits per heavy atom. The zero-order valence-electron chi connectivity index (χ0n) is 21.2. The van der Waals surface area contributed by atoms with Crippen LogP contribution in [0.3, 0.4) is 0 Å². The monoisotopic (exact) mass is 510 g/mol. The molecule has 9 heteroatoms. The van der Waals surface area contributed by atoms with Gasteiger partial charge in [0.2, 0.25) is 0 Å². The average molecular weight is 511 g/mol. The number of nitrogen functional groups attached to an aromatic ring is 1. The Labute approximate surface area is 219 Å². The molecule has 2 aromatic heterocycles. The van der Waals surface area contributed by atoms with E-state index in [1.165, 1.54) is 12.4 Å². The van der Waals surface area contributed by atoms with Crippen molar-refractivity contribution >= 4 is 34.4 Å². The molecule has 2 unspecified atom stereocenters. The third-order valence-electron chi connectivity index (χ3n) is 7.57. The Hall–Kier alpha value is -4.53. The highest BCUT2D eigenvalue weighted by molar-refractivity contribution is 6.08. The first kappa shape index (κ1) is 23.8. The van der Waals surface area contributed by atoms with Crippen LogP contribution in [0.4, 0.5) is 15.9 Å². The van der Waals surface area contributed by atoms with Crippen LogP contribution in [0.1, 0.15) is 30.1 Å². The third kappa shape index (κ3) is 3.82. The molecule has 1 saturated heterocycles. The molecule has 0 bridgehead atoms. The summed E-state index contributed by atoms with van der Waals surface area (Å²) < 4.78 is 17.4. The SMILES string of the molecule is C=C(C)C(=O)Nc1ccc(-c2c(-c3ccc(C(=O)N4CCC5CC54)cc3)c3c(N)ncnc3n2C)c(F)c1. The van der Waals surface area contributed by atoms with Crippen LogP contribution in [0.5, 0.6) is 0 Å². The van der Waals surface area contributed by atoms with Gasteiger partial charge in [0.25, 0.3) is 11.8 Å². The lowest BCUT2D eigenvalue weighted by Gasteiger charge is -2.18. The van der Waals surface area contributed by atoms with Gasteiger partial charge in [0, 0.05) is 47.6 Å². The fourth-order valence-electron chi connectivity index (χ4n) is 5.49. The molecule has 3 heterocycles. The Bertz CT molecular complexity index is 1640. The molecule has 2 amide bonds. The number of hydrogen-bond acceptors (Lipinski definition) is 5. The maximum Gasteiger partial charge on any atom is 0.254 e. The fraction of sp³-hybridized carbons (Fsp3) is 0.241. The van der Waals surface area contributed by atoms with Crippen molar-refractivity contribution in [2.75, 3.05) is 17.6 Å². The summed E-state index contributed by atoms with van der Waals surface area (Å²) in [5.41, 5.74) is 10.4. The van der Waals surface area contributed by atoms with Crippen LogP contribution in [0.2, 0.25) is 0 Å². The van der Waals surface area contributed by atoms with E-state index in [0.717, 1.165) is 24.9 Å². The van der Waals surface area contributed by atoms with Crippen molar-refractivity contribution in [2.24, 2.45) is 13.0 Å². The van der Waals surface area contributed by atoms with Gasteiger partial charge in [0.05, 0.1) is 11.1 Å². The van der Waals surface area contributed by atoms with Crippen LogP contribution in [-0.2, 0) is 11.8 Å². The molecule has 38 heavy (non-hydrogen) atoms. The predicted molar refractivity (Wildman–Crippen MR) is 145 cm³/mol. The number of aryl methyl sites for hydroxylation is 1. The number of carbonyl (C=O) groups excluding carboxylic acids is 2. The number of piperidine rings is 1. The van der Waals surface area contributed by atoms with Crippen molar-refractivity contribution in [2.45, 2.75) is 25.8 Å². The number of amides is 2. The van der Waals surface area contributed by atoms with E-state index in [4.69, 9.17) is 5.73 Å². The molecule has 4 aromatic rings. The summed E-state index contributed by atoms with van der Waals surface area (Å²) >= 11 is 0. The summed E-state index contributed by atoms with van der Waals surface area (Å²) in [4.78, 5) is 35.7. The molecule has 0 spiro atoms. The Morgan fingerprint density at radius 2 is 1.92 bits per heavy atom. The van der Waals surface area contributed by atoms with Gasteiger partial charge in [-0.3, -0.25) is 9.59 Å². The number of benzene rings is 2. The molecule has 1 aliphatic carbocycles. The summed E-state index contributed by atoms with van der Waals surface area (Å²) in [7, 11) is 1.79. The van der Waals surface area contributed by atoms with Crippen LogP contribution < -0.4 is 11.1 Å². The van der Waals surface area contributed by atoms with Crippen LogP contribution in [0.25, 0.3) is 33.4 Å². The molecule has 192 valence electrons. The molecule has 0 radical (unpaired) electrons. The van der Waals surface area contributed by atoms with E-state index in [1.807, 2.05) is 29.2 Å². The van der Waals surface area contributed by atoms with Crippen molar-refractivity contribution in [3.05, 3.63) is 72.3 Å². The number of anilines is 2. The number of nitrogens with one attached hydrogen (secondary N) is 1. The van der Waals surface area contributed by atoms with E-state index >= 15 is 4.39 Å². The normalized spacial score (nSPS) is 17.9. The molecular weight excluding hydrogens is 483 g/mol. The highest BCUT2D eigenvalue weighted by Crippen LogP contribution is 2.45. The number of rotatable bonds is 5. The summed E-state index contributed by atoms with van der Waals surface area (Å²) in [6.45, 7) is 6.00. The lowest BCUT2D eigenvalue weighted by Crippen LogP contribution is -2.30. The Kier molecular flexibility index (Phi) is 5.52. The van der Waals surface area contributed by atoms with Crippen molar-refractivity contribution in [1.82, 2.24) is 19.4 Å². The second-order valence-electron chi connectivity index (χ2n) is 10.1. The van der Waals surface area contributed by atoms with Crippen LogP contribution >= 0.6 is 0 Å². The van der Waals surface area contributed by atoms with Gasteiger partial charge in [-0.1, -0.05) is 18.7 Å². The quantitative estimate of drug-likeness (QED) is 0.376. The summed E-state index contributed by atoms with van der Waals surface area (Å²) in [5.74, 6) is 0.0692. The van der Waals surface area contributed by atoms with Crippen LogP contribution in [0, 0.1) is 11.7 Å². The van der Waals surface area contributed by atoms with Gasteiger partial charge in [0.1, 0.15) is 23.6 Å². The molecule has 8 nitrogen and oxygen atoms in total. The second kappa shape index (κ2) is 8.79. The van der Waals surface area contributed by atoms with Crippen LogP contribution in [0.15, 0.2) is 60.9 Å². The number of carbonyl (C=O) groups is 2. The zero-order chi connectivity index (χ0) is 26.7. The minimum absolute atomic E-state index is 0.0426. The number of likely N-dealkylation sites (tertiary alicyclic amines) is 1. The molecule has 6 rings (SSSR count). The van der Waals surface area contributed by atoms with Crippen molar-refractivity contribution in [1.29, 1.82) is 0 Å². The molecule has 1 aliphatic heterocycles. The number of nitrogens with two attached hydrogens (primary N) is 1. The van der Waals surface area contributed by atoms with E-state index in [9.17, 15) is 9.59 Å². The molecule has 2 fully saturated rings. The van der Waals surface area contributed by atoms with Gasteiger partial charge in [-0.15, -0.1) is 0 Å². The van der Waals surface area contributed by atoms with Crippen molar-refractivity contribution < 1.29 is 14.0 Å². The molecule has 2 aliphatic rings. The maximum atomic E-state index is 15.6. The number of hydrogen-bond donors (Lipinski definition) is 2. The lowest BCUT2D eigenvalue weighted by molar-refractivity contribution is -0.112. The topological polar surface area (TPSA) is 106 Å². The number of fused-ring (bicyclic) bond motifs is 2. The minimum atomic E-state index is -0.525. The van der Waals surface area contributed by atoms with E-state index in [0.29, 0.717) is 56.6 Å². The number of aromatic nitrogens is 3. The standard InChI is InChI=1S/C29H27FN6O2/c1-15(2)28(37)34-19-8-9-20(21(30)13-19)25-23(24-26(31)32-14-33-27(24)35(25)3)16-4-6-17(7-5-16)29(38)36-11-10-18-12-22(18)36/h4-9,13-14,18,22H,1,10-12H2,2-3H3,(H,34,37)(H2,31,32,33). The summed E-state index contributed by atoms with van der Waals surface area (Å²) in [6, 6.07) is 12.2. The van der Waals surface area contributed by atoms with Crippen molar-refractivity contribution in [3.8, 4) is 22.4 Å². The fourth-order valence-corrected chi connectivity index (χ4v) is 5.49. The molecule has 1 saturated carbocycles. The largest absolute Gasteiger partial charge is 0.383 e. The first-order valence-corrected chi connectivity index (χ1v) is 12.5. The summed E-state index contributed by atoms with van der Waals surface area (Å²) in [6.07, 6.45) is 3.55. The van der Waals surface area contributed by atoms with Gasteiger partial charge >= 0.3 is 0 Å². The van der Waals surface area contributed by atoms with E-state index in [-0.39, 0.29) is 17.6 Å². The third-order valence-corrected chi connectivity index (χ3v) is 7.57. The molecule has 2 atom stereocenters. The van der Waals surface area contributed by atoms with Gasteiger partial charge in [-0.05, 0) is 61.6 Å². The van der Waals surface area contributed by atoms with E-state index in [2.05, 4.69) is 21.9 Å².